The lowest BCUT2D eigenvalue weighted by atomic mass is 9.87. The quantitative estimate of drug-likeness (QED) is 0.213. The summed E-state index contributed by atoms with van der Waals surface area (Å²) in [6.45, 7) is 8.73. The van der Waals surface area contributed by atoms with Crippen molar-refractivity contribution >= 4 is 23.7 Å². The van der Waals surface area contributed by atoms with Crippen LogP contribution in [-0.4, -0.2) is 78.6 Å². The van der Waals surface area contributed by atoms with E-state index in [4.69, 9.17) is 29.4 Å². The Morgan fingerprint density at radius 3 is 2.38 bits per heavy atom. The van der Waals surface area contributed by atoms with E-state index in [1.54, 1.807) is 0 Å². The van der Waals surface area contributed by atoms with Gasteiger partial charge in [-0.1, -0.05) is 44.2 Å². The molecular weight excluding hydrogens is 703 g/mol. The summed E-state index contributed by atoms with van der Waals surface area (Å²) < 4.78 is 58.7. The number of benzene rings is 3. The van der Waals surface area contributed by atoms with Gasteiger partial charge in [-0.3, -0.25) is 14.5 Å². The van der Waals surface area contributed by atoms with E-state index in [9.17, 15) is 18.4 Å². The number of likely N-dealkylation sites (tertiary alicyclic amines) is 1. The standard InChI is InChI=1S/C41H50F2N2O7S/c1-6-27-9-10-28(38-40(50-25(4)47)37(49-24(3)46)23(2)41(52-38)53-5)18-29(27)17-26-7-12-32(13-8-26)51-33-15-16-45(21-33)31-20-36(44)39(48-22-31)34-19-30(42)11-14-35(34)43/h7-14,18-19,23,31,33,36-41H,6,15-17,20-22,44H2,1-5H3/t23-,31+,33+,36-,37-,38-,39+,40+,41+/m0/s1. The van der Waals surface area contributed by atoms with E-state index in [0.717, 1.165) is 60.5 Å². The first-order valence-corrected chi connectivity index (χ1v) is 19.7. The van der Waals surface area contributed by atoms with E-state index in [0.29, 0.717) is 19.4 Å². The predicted octanol–water partition coefficient (Wildman–Crippen LogP) is 6.69. The van der Waals surface area contributed by atoms with Crippen LogP contribution in [0.25, 0.3) is 0 Å². The van der Waals surface area contributed by atoms with E-state index in [-0.39, 0.29) is 29.1 Å². The van der Waals surface area contributed by atoms with Crippen molar-refractivity contribution in [2.24, 2.45) is 11.7 Å². The predicted molar refractivity (Wildman–Crippen MR) is 199 cm³/mol. The Hall–Kier alpha value is -3.55. The lowest BCUT2D eigenvalue weighted by molar-refractivity contribution is -0.211. The van der Waals surface area contributed by atoms with Crippen LogP contribution >= 0.6 is 11.8 Å². The number of carbonyl (C=O) groups is 2. The van der Waals surface area contributed by atoms with Gasteiger partial charge in [-0.2, -0.15) is 0 Å². The Labute approximate surface area is 314 Å². The molecule has 3 saturated heterocycles. The highest BCUT2D eigenvalue weighted by Gasteiger charge is 2.48. The highest BCUT2D eigenvalue weighted by Crippen LogP contribution is 2.42. The molecule has 3 fully saturated rings. The third-order valence-electron chi connectivity index (χ3n) is 10.6. The number of rotatable bonds is 11. The van der Waals surface area contributed by atoms with Gasteiger partial charge >= 0.3 is 11.9 Å². The molecule has 6 rings (SSSR count). The SMILES string of the molecule is CCc1ccc([C@@H]2O[C@H](SC)[C@@H](C)[C@H](OC(C)=O)[C@H]2OC(C)=O)cc1Cc1ccc(O[C@@H]2CCN([C@H]3CO[C@H](c4cc(F)ccc4F)[C@@H](N)C3)C2)cc1. The minimum absolute atomic E-state index is 0.00290. The average molecular weight is 753 g/mol. The number of halogens is 2. The van der Waals surface area contributed by atoms with Crippen LogP contribution in [0.1, 0.15) is 80.6 Å². The van der Waals surface area contributed by atoms with Gasteiger partial charge in [0.25, 0.3) is 0 Å². The Balaban J connectivity index is 1.09. The highest BCUT2D eigenvalue weighted by molar-refractivity contribution is 7.99. The third-order valence-corrected chi connectivity index (χ3v) is 11.6. The molecule has 0 amide bonds. The lowest BCUT2D eigenvalue weighted by Gasteiger charge is -2.44. The molecule has 3 aromatic rings. The molecular formula is C41H50F2N2O7S. The van der Waals surface area contributed by atoms with Crippen LogP contribution in [0.2, 0.25) is 0 Å². The van der Waals surface area contributed by atoms with E-state index < -0.39 is 54.0 Å². The first kappa shape index (κ1) is 39.2. The molecule has 3 heterocycles. The van der Waals surface area contributed by atoms with Crippen molar-refractivity contribution in [2.45, 2.75) is 101 Å². The van der Waals surface area contributed by atoms with Crippen molar-refractivity contribution < 1.29 is 42.1 Å². The number of esters is 2. The number of hydrogen-bond acceptors (Lipinski definition) is 10. The van der Waals surface area contributed by atoms with Gasteiger partial charge in [-0.05, 0) is 84.5 Å². The van der Waals surface area contributed by atoms with Gasteiger partial charge in [0.2, 0.25) is 0 Å². The maximum Gasteiger partial charge on any atom is 0.303 e. The maximum atomic E-state index is 14.4. The van der Waals surface area contributed by atoms with Crippen molar-refractivity contribution in [3.05, 3.63) is 100 Å². The number of ether oxygens (including phenoxy) is 5. The third kappa shape index (κ3) is 9.23. The molecule has 9 atom stereocenters. The van der Waals surface area contributed by atoms with E-state index >= 15 is 0 Å². The van der Waals surface area contributed by atoms with Crippen molar-refractivity contribution in [3.63, 3.8) is 0 Å². The van der Waals surface area contributed by atoms with Crippen LogP contribution in [0.4, 0.5) is 8.78 Å². The summed E-state index contributed by atoms with van der Waals surface area (Å²) in [5.74, 6) is -1.32. The zero-order valence-electron chi connectivity index (χ0n) is 31.0. The number of hydrogen-bond donors (Lipinski definition) is 1. The summed E-state index contributed by atoms with van der Waals surface area (Å²) in [4.78, 5) is 26.6. The zero-order chi connectivity index (χ0) is 37.8. The molecule has 3 aliphatic heterocycles. The van der Waals surface area contributed by atoms with Crippen LogP contribution in [0.3, 0.4) is 0 Å². The highest BCUT2D eigenvalue weighted by atomic mass is 32.2. The van der Waals surface area contributed by atoms with Gasteiger partial charge in [-0.15, -0.1) is 11.8 Å². The van der Waals surface area contributed by atoms with Crippen LogP contribution in [0.15, 0.2) is 60.7 Å². The Morgan fingerprint density at radius 2 is 1.70 bits per heavy atom. The van der Waals surface area contributed by atoms with Crippen LogP contribution < -0.4 is 10.5 Å². The van der Waals surface area contributed by atoms with Crippen molar-refractivity contribution in [1.29, 1.82) is 0 Å². The van der Waals surface area contributed by atoms with E-state index in [1.807, 2.05) is 31.4 Å². The summed E-state index contributed by atoms with van der Waals surface area (Å²) in [5.41, 5.74) is 10.6. The fourth-order valence-electron chi connectivity index (χ4n) is 7.96. The van der Waals surface area contributed by atoms with E-state index in [1.165, 1.54) is 37.2 Å². The van der Waals surface area contributed by atoms with Crippen molar-refractivity contribution in [2.75, 3.05) is 26.0 Å². The molecule has 3 aliphatic rings. The van der Waals surface area contributed by atoms with Crippen LogP contribution in [-0.2, 0) is 41.4 Å². The fourth-order valence-corrected chi connectivity index (χ4v) is 8.78. The minimum Gasteiger partial charge on any atom is -0.489 e. The maximum absolute atomic E-state index is 14.4. The molecule has 53 heavy (non-hydrogen) atoms. The molecule has 12 heteroatoms. The second kappa shape index (κ2) is 17.3. The van der Waals surface area contributed by atoms with Gasteiger partial charge in [0, 0.05) is 50.5 Å². The molecule has 286 valence electrons. The Bertz CT molecular complexity index is 1750. The molecule has 0 bridgehead atoms. The molecule has 0 radical (unpaired) electrons. The largest absolute Gasteiger partial charge is 0.489 e. The molecule has 0 aliphatic carbocycles. The summed E-state index contributed by atoms with van der Waals surface area (Å²) >= 11 is 1.54. The summed E-state index contributed by atoms with van der Waals surface area (Å²) in [7, 11) is 0. The average Bonchev–Trinajstić information content (AvgIpc) is 3.60. The second-order valence-electron chi connectivity index (χ2n) is 14.4. The number of aryl methyl sites for hydroxylation is 1. The van der Waals surface area contributed by atoms with Gasteiger partial charge < -0.3 is 29.4 Å². The number of nitrogens with two attached hydrogens (primary N) is 1. The fraction of sp³-hybridized carbons (Fsp3) is 0.512. The molecule has 0 unspecified atom stereocenters. The topological polar surface area (TPSA) is 110 Å². The lowest BCUT2D eigenvalue weighted by Crippen LogP contribution is -2.52. The van der Waals surface area contributed by atoms with Crippen molar-refractivity contribution in [1.82, 2.24) is 4.90 Å². The molecule has 3 aromatic carbocycles. The van der Waals surface area contributed by atoms with Crippen LogP contribution in [0.5, 0.6) is 5.75 Å². The number of thioether (sulfide) groups is 1. The van der Waals surface area contributed by atoms with Gasteiger partial charge in [0.1, 0.15) is 47.2 Å². The Morgan fingerprint density at radius 1 is 0.962 bits per heavy atom. The molecule has 0 saturated carbocycles. The monoisotopic (exact) mass is 752 g/mol. The molecule has 9 nitrogen and oxygen atoms in total. The first-order chi connectivity index (χ1) is 25.4. The zero-order valence-corrected chi connectivity index (χ0v) is 31.8. The summed E-state index contributed by atoms with van der Waals surface area (Å²) in [6, 6.07) is 17.4. The minimum atomic E-state index is -0.790. The first-order valence-electron chi connectivity index (χ1n) is 18.4. The second-order valence-corrected chi connectivity index (χ2v) is 15.3. The Kier molecular flexibility index (Phi) is 12.8. The summed E-state index contributed by atoms with van der Waals surface area (Å²) in [5, 5.41) is 0. The van der Waals surface area contributed by atoms with Gasteiger partial charge in [-0.25, -0.2) is 8.78 Å². The molecule has 0 aromatic heterocycles. The van der Waals surface area contributed by atoms with Crippen molar-refractivity contribution in [3.8, 4) is 5.75 Å². The summed E-state index contributed by atoms with van der Waals surface area (Å²) in [6.07, 6.45) is 2.21. The number of carbonyl (C=O) groups excluding carboxylic acids is 2. The molecule has 0 spiro atoms. The van der Waals surface area contributed by atoms with Crippen LogP contribution in [0, 0.1) is 17.6 Å². The van der Waals surface area contributed by atoms with E-state index in [2.05, 4.69) is 36.1 Å². The van der Waals surface area contributed by atoms with Gasteiger partial charge in [0.05, 0.1) is 6.61 Å². The number of nitrogens with zero attached hydrogens (tertiary/aromatic N) is 1. The smallest absolute Gasteiger partial charge is 0.303 e. The normalized spacial score (nSPS) is 29.1. The van der Waals surface area contributed by atoms with Gasteiger partial charge in [0.15, 0.2) is 6.10 Å². The molecule has 2 N–H and O–H groups in total.